The predicted octanol–water partition coefficient (Wildman–Crippen LogP) is 4.74. The van der Waals surface area contributed by atoms with Gasteiger partial charge in [0.15, 0.2) is 6.61 Å². The number of esters is 1. The molecule has 0 N–H and O–H groups in total. The smallest absolute Gasteiger partial charge is 0.307 e. The maximum absolute atomic E-state index is 12.8. The van der Waals surface area contributed by atoms with Gasteiger partial charge in [0.2, 0.25) is 0 Å². The van der Waals surface area contributed by atoms with Crippen LogP contribution in [0.1, 0.15) is 51.7 Å². The van der Waals surface area contributed by atoms with Crippen LogP contribution >= 0.6 is 0 Å². The van der Waals surface area contributed by atoms with E-state index >= 15 is 0 Å². The third-order valence-electron chi connectivity index (χ3n) is 5.34. The van der Waals surface area contributed by atoms with E-state index in [4.69, 9.17) is 9.47 Å². The van der Waals surface area contributed by atoms with Gasteiger partial charge in [-0.05, 0) is 42.0 Å². The molecule has 0 atom stereocenters. The van der Waals surface area contributed by atoms with E-state index in [1.165, 1.54) is 5.56 Å². The van der Waals surface area contributed by atoms with Crippen LogP contribution in [0.5, 0.6) is 5.75 Å². The summed E-state index contributed by atoms with van der Waals surface area (Å²) >= 11 is 0. The van der Waals surface area contributed by atoms with E-state index in [1.807, 2.05) is 54.6 Å². The Hall–Kier alpha value is -2.82. The maximum atomic E-state index is 12.8. The average molecular weight is 412 g/mol. The van der Waals surface area contributed by atoms with Gasteiger partial charge in [-0.2, -0.15) is 0 Å². The van der Waals surface area contributed by atoms with Crippen molar-refractivity contribution in [3.05, 3.63) is 65.7 Å². The molecule has 30 heavy (non-hydrogen) atoms. The molecule has 5 heteroatoms. The average Bonchev–Trinajstić information content (AvgIpc) is 2.76. The first kappa shape index (κ1) is 23.5. The molecular formula is C25H33NO4. The van der Waals surface area contributed by atoms with Crippen LogP contribution in [0.4, 0.5) is 0 Å². The van der Waals surface area contributed by atoms with Gasteiger partial charge >= 0.3 is 5.97 Å². The second-order valence-electron chi connectivity index (χ2n) is 7.91. The zero-order valence-corrected chi connectivity index (χ0v) is 18.5. The van der Waals surface area contributed by atoms with E-state index < -0.39 is 0 Å². The minimum absolute atomic E-state index is 0.0772. The third-order valence-corrected chi connectivity index (χ3v) is 5.34. The van der Waals surface area contributed by atoms with E-state index in [1.54, 1.807) is 11.8 Å². The molecule has 1 amide bonds. The number of amides is 1. The first-order valence-electron chi connectivity index (χ1n) is 10.6. The van der Waals surface area contributed by atoms with Gasteiger partial charge in [0.1, 0.15) is 5.75 Å². The van der Waals surface area contributed by atoms with Crippen molar-refractivity contribution < 1.29 is 19.1 Å². The van der Waals surface area contributed by atoms with Crippen LogP contribution in [-0.4, -0.2) is 36.5 Å². The molecule has 0 aliphatic carbocycles. The number of ether oxygens (including phenoxy) is 2. The normalized spacial score (nSPS) is 11.1. The quantitative estimate of drug-likeness (QED) is 0.502. The minimum atomic E-state index is -0.307. The third kappa shape index (κ3) is 7.21. The van der Waals surface area contributed by atoms with Gasteiger partial charge in [0, 0.05) is 13.1 Å². The molecule has 2 aromatic carbocycles. The number of nitrogens with zero attached hydrogens (tertiary/aromatic N) is 1. The first-order chi connectivity index (χ1) is 14.4. The molecule has 0 saturated heterocycles. The summed E-state index contributed by atoms with van der Waals surface area (Å²) in [5.41, 5.74) is 2.35. The van der Waals surface area contributed by atoms with Crippen molar-refractivity contribution in [3.63, 3.8) is 0 Å². The van der Waals surface area contributed by atoms with Crippen LogP contribution in [0, 0.1) is 0 Å². The molecular weight excluding hydrogens is 378 g/mol. The molecule has 162 valence electrons. The fourth-order valence-electron chi connectivity index (χ4n) is 3.00. The first-order valence-corrected chi connectivity index (χ1v) is 10.6. The summed E-state index contributed by atoms with van der Waals surface area (Å²) in [4.78, 5) is 26.2. The Morgan fingerprint density at radius 1 is 0.967 bits per heavy atom. The fourth-order valence-corrected chi connectivity index (χ4v) is 3.00. The van der Waals surface area contributed by atoms with E-state index in [0.29, 0.717) is 25.4 Å². The Morgan fingerprint density at radius 2 is 1.63 bits per heavy atom. The summed E-state index contributed by atoms with van der Waals surface area (Å²) in [5, 5.41) is 0. The highest BCUT2D eigenvalue weighted by atomic mass is 16.5. The lowest BCUT2D eigenvalue weighted by molar-refractivity contribution is -0.144. The van der Waals surface area contributed by atoms with Gasteiger partial charge in [0.25, 0.3) is 5.91 Å². The van der Waals surface area contributed by atoms with Gasteiger partial charge in [0.05, 0.1) is 13.0 Å². The Kier molecular flexibility index (Phi) is 8.90. The molecule has 0 fully saturated rings. The summed E-state index contributed by atoms with van der Waals surface area (Å²) in [6.45, 7) is 9.32. The van der Waals surface area contributed by atoms with Crippen molar-refractivity contribution in [2.45, 2.75) is 52.5 Å². The fraction of sp³-hybridized carbons (Fsp3) is 0.440. The van der Waals surface area contributed by atoms with Crippen LogP contribution in [0.15, 0.2) is 54.6 Å². The largest absolute Gasteiger partial charge is 0.484 e. The molecule has 0 aliphatic heterocycles. The maximum Gasteiger partial charge on any atom is 0.307 e. The minimum Gasteiger partial charge on any atom is -0.484 e. The Labute approximate surface area is 180 Å². The van der Waals surface area contributed by atoms with Crippen LogP contribution in [0.2, 0.25) is 0 Å². The van der Waals surface area contributed by atoms with Crippen molar-refractivity contribution in [1.82, 2.24) is 4.90 Å². The van der Waals surface area contributed by atoms with Crippen molar-refractivity contribution in [2.75, 3.05) is 19.8 Å². The molecule has 0 heterocycles. The Balaban J connectivity index is 1.99. The van der Waals surface area contributed by atoms with Gasteiger partial charge in [-0.3, -0.25) is 9.59 Å². The highest BCUT2D eigenvalue weighted by Crippen LogP contribution is 2.28. The Bertz CT molecular complexity index is 800. The van der Waals surface area contributed by atoms with Crippen LogP contribution in [0.3, 0.4) is 0 Å². The summed E-state index contributed by atoms with van der Waals surface area (Å²) in [5.74, 6) is 0.184. The summed E-state index contributed by atoms with van der Waals surface area (Å²) in [7, 11) is 0. The highest BCUT2D eigenvalue weighted by molar-refractivity contribution is 5.78. The van der Waals surface area contributed by atoms with Crippen LogP contribution in [0.25, 0.3) is 0 Å². The van der Waals surface area contributed by atoms with Gasteiger partial charge in [-0.15, -0.1) is 0 Å². The number of rotatable bonds is 11. The van der Waals surface area contributed by atoms with Gasteiger partial charge in [-0.1, -0.05) is 63.2 Å². The monoisotopic (exact) mass is 411 g/mol. The van der Waals surface area contributed by atoms with Gasteiger partial charge < -0.3 is 14.4 Å². The number of hydrogen-bond donors (Lipinski definition) is 0. The number of hydrogen-bond acceptors (Lipinski definition) is 4. The van der Waals surface area contributed by atoms with E-state index in [0.717, 1.165) is 12.0 Å². The second-order valence-corrected chi connectivity index (χ2v) is 7.91. The lowest BCUT2D eigenvalue weighted by atomic mass is 9.82. The zero-order valence-electron chi connectivity index (χ0n) is 18.5. The molecule has 0 spiro atoms. The van der Waals surface area contributed by atoms with E-state index in [-0.39, 0.29) is 30.3 Å². The summed E-state index contributed by atoms with van der Waals surface area (Å²) in [6, 6.07) is 17.6. The molecule has 0 aromatic heterocycles. The molecule has 0 radical (unpaired) electrons. The number of carbonyl (C=O) groups excluding carboxylic acids is 2. The van der Waals surface area contributed by atoms with Crippen molar-refractivity contribution in [3.8, 4) is 5.75 Å². The zero-order chi connectivity index (χ0) is 22.0. The van der Waals surface area contributed by atoms with Crippen LogP contribution in [-0.2, 0) is 26.3 Å². The Morgan fingerprint density at radius 3 is 2.23 bits per heavy atom. The number of benzene rings is 2. The molecule has 5 nitrogen and oxygen atoms in total. The predicted molar refractivity (Wildman–Crippen MR) is 118 cm³/mol. The second kappa shape index (κ2) is 11.4. The lowest BCUT2D eigenvalue weighted by Crippen LogP contribution is -2.36. The molecule has 2 aromatic rings. The van der Waals surface area contributed by atoms with E-state index in [9.17, 15) is 9.59 Å². The standard InChI is InChI=1S/C25H33NO4/c1-5-25(3,4)21-12-14-22(15-13-21)30-19-23(27)26(17-16-24(28)29-6-2)18-20-10-8-7-9-11-20/h7-15H,5-6,16-19H2,1-4H3. The number of carbonyl (C=O) groups is 2. The summed E-state index contributed by atoms with van der Waals surface area (Å²) in [6.07, 6.45) is 1.20. The topological polar surface area (TPSA) is 55.8 Å². The molecule has 0 aliphatic rings. The summed E-state index contributed by atoms with van der Waals surface area (Å²) < 4.78 is 10.7. The van der Waals surface area contributed by atoms with Crippen LogP contribution < -0.4 is 4.74 Å². The van der Waals surface area contributed by atoms with Crippen molar-refractivity contribution in [1.29, 1.82) is 0 Å². The molecule has 2 rings (SSSR count). The molecule has 0 unspecified atom stereocenters. The van der Waals surface area contributed by atoms with Crippen molar-refractivity contribution >= 4 is 11.9 Å². The SMILES string of the molecule is CCOC(=O)CCN(Cc1ccccc1)C(=O)COc1ccc(C(C)(C)CC)cc1. The lowest BCUT2D eigenvalue weighted by Gasteiger charge is -2.24. The van der Waals surface area contributed by atoms with E-state index in [2.05, 4.69) is 20.8 Å². The highest BCUT2D eigenvalue weighted by Gasteiger charge is 2.19. The molecule has 0 bridgehead atoms. The van der Waals surface area contributed by atoms with Gasteiger partial charge in [-0.25, -0.2) is 0 Å². The molecule has 0 saturated carbocycles. The van der Waals surface area contributed by atoms with Crippen molar-refractivity contribution in [2.24, 2.45) is 0 Å².